The van der Waals surface area contributed by atoms with E-state index in [2.05, 4.69) is 22.2 Å². The molecule has 0 radical (unpaired) electrons. The zero-order valence-corrected chi connectivity index (χ0v) is 16.9. The van der Waals surface area contributed by atoms with Crippen molar-refractivity contribution in [2.75, 3.05) is 0 Å². The Balaban J connectivity index is 0.00000392. The van der Waals surface area contributed by atoms with E-state index in [4.69, 9.17) is 11.5 Å². The zero-order chi connectivity index (χ0) is 19.9. The van der Waals surface area contributed by atoms with Crippen molar-refractivity contribution in [1.82, 2.24) is 14.8 Å². The molecule has 0 aliphatic heterocycles. The molecule has 6 N–H and O–H groups in total. The largest absolute Gasteiger partial charge is 0.489 e. The highest BCUT2D eigenvalue weighted by Crippen LogP contribution is 2.26. The summed E-state index contributed by atoms with van der Waals surface area (Å²) in [5.41, 5.74) is 10.8. The van der Waals surface area contributed by atoms with Gasteiger partial charge in [0.05, 0.1) is 6.17 Å². The van der Waals surface area contributed by atoms with Gasteiger partial charge in [-0.3, -0.25) is 4.79 Å². The maximum absolute atomic E-state index is 12.3. The molecule has 1 aromatic carbocycles. The van der Waals surface area contributed by atoms with Crippen LogP contribution in [-0.2, 0) is 23.1 Å². The second kappa shape index (κ2) is 11.3. The number of aryl methyl sites for hydroxylation is 2. The molecule has 0 aliphatic rings. The minimum atomic E-state index is -1.90. The molecule has 0 saturated carbocycles. The van der Waals surface area contributed by atoms with Crippen LogP contribution in [0, 0.1) is 0 Å². The summed E-state index contributed by atoms with van der Waals surface area (Å²) >= 11 is 0. The molecular weight excluding hydrogens is 380 g/mol. The number of carbonyl (C=O) groups excluding carboxylic acids is 1. The molecular formula is C18H29BClN5O3. The molecule has 154 valence electrons. The lowest BCUT2D eigenvalue weighted by Gasteiger charge is -2.30. The summed E-state index contributed by atoms with van der Waals surface area (Å²) in [5.74, 6) is 0.163. The topological polar surface area (TPSA) is 140 Å². The van der Waals surface area contributed by atoms with Gasteiger partial charge in [0, 0.05) is 6.42 Å². The summed E-state index contributed by atoms with van der Waals surface area (Å²) in [6.45, 7) is 1.32. The van der Waals surface area contributed by atoms with E-state index in [1.807, 2.05) is 18.2 Å². The number of benzene rings is 1. The molecule has 10 heteroatoms. The predicted molar refractivity (Wildman–Crippen MR) is 111 cm³/mol. The number of halogens is 1. The molecule has 0 aliphatic carbocycles. The van der Waals surface area contributed by atoms with Gasteiger partial charge in [-0.25, -0.2) is 9.67 Å². The van der Waals surface area contributed by atoms with Crippen LogP contribution in [0.2, 0.25) is 0 Å². The summed E-state index contributed by atoms with van der Waals surface area (Å²) in [6.07, 6.45) is 4.33. The SMILES string of the molecule is CC(=O)C(CCCC(N)N)(B(O)O)n1cnc(CCCc2ccccc2)n1.Cl. The van der Waals surface area contributed by atoms with Crippen LogP contribution in [0.1, 0.15) is 44.0 Å². The molecule has 28 heavy (non-hydrogen) atoms. The maximum atomic E-state index is 12.3. The number of hydrogen-bond donors (Lipinski definition) is 4. The van der Waals surface area contributed by atoms with Crippen molar-refractivity contribution in [3.05, 3.63) is 48.0 Å². The van der Waals surface area contributed by atoms with Crippen LogP contribution in [0.25, 0.3) is 0 Å². The van der Waals surface area contributed by atoms with Crippen molar-refractivity contribution >= 4 is 25.3 Å². The normalized spacial score (nSPS) is 13.1. The fraction of sp³-hybridized carbons (Fsp3) is 0.500. The lowest BCUT2D eigenvalue weighted by molar-refractivity contribution is -0.123. The number of Topliss-reactive ketones (excluding diaryl/α,β-unsaturated/α-hetero) is 1. The summed E-state index contributed by atoms with van der Waals surface area (Å²) < 4.78 is 1.28. The van der Waals surface area contributed by atoms with Crippen molar-refractivity contribution < 1.29 is 14.8 Å². The molecule has 1 heterocycles. The van der Waals surface area contributed by atoms with E-state index in [0.29, 0.717) is 25.1 Å². The van der Waals surface area contributed by atoms with Crippen molar-refractivity contribution in [2.45, 2.75) is 57.1 Å². The standard InChI is InChI=1S/C18H28BN5O3.ClH/c1-14(25)18(19(26)27,12-6-10-16(20)21)24-13-22-17(23-24)11-5-9-15-7-3-2-4-8-15;/h2-4,7-8,13,16,26-27H,5-6,9-12,20-21H2,1H3;1H. The number of nitrogens with two attached hydrogens (primary N) is 2. The predicted octanol–water partition coefficient (Wildman–Crippen LogP) is 0.585. The van der Waals surface area contributed by atoms with Gasteiger partial charge in [0.1, 0.15) is 6.33 Å². The third kappa shape index (κ3) is 6.12. The van der Waals surface area contributed by atoms with Crippen molar-refractivity contribution in [2.24, 2.45) is 11.5 Å². The Kier molecular flexibility index (Phi) is 9.78. The summed E-state index contributed by atoms with van der Waals surface area (Å²) in [6, 6.07) is 10.1. The van der Waals surface area contributed by atoms with Crippen LogP contribution in [0.3, 0.4) is 0 Å². The molecule has 1 atom stereocenters. The van der Waals surface area contributed by atoms with Crippen LogP contribution in [-0.4, -0.2) is 43.9 Å². The second-order valence-electron chi connectivity index (χ2n) is 6.85. The third-order valence-corrected chi connectivity index (χ3v) is 4.79. The minimum Gasteiger partial charge on any atom is -0.425 e. The first-order chi connectivity index (χ1) is 12.9. The van der Waals surface area contributed by atoms with Gasteiger partial charge >= 0.3 is 7.12 Å². The average Bonchev–Trinajstić information content (AvgIpc) is 3.08. The molecule has 2 aromatic rings. The van der Waals surface area contributed by atoms with Crippen molar-refractivity contribution in [3.63, 3.8) is 0 Å². The first-order valence-corrected chi connectivity index (χ1v) is 9.19. The molecule has 2 rings (SSSR count). The highest BCUT2D eigenvalue weighted by molar-refractivity contribution is 6.50. The number of rotatable bonds is 11. The highest BCUT2D eigenvalue weighted by atomic mass is 35.5. The lowest BCUT2D eigenvalue weighted by atomic mass is 9.60. The van der Waals surface area contributed by atoms with Crippen LogP contribution in [0.4, 0.5) is 0 Å². The van der Waals surface area contributed by atoms with Gasteiger partial charge in [-0.05, 0) is 44.6 Å². The molecule has 1 aromatic heterocycles. The highest BCUT2D eigenvalue weighted by Gasteiger charge is 2.49. The van der Waals surface area contributed by atoms with Crippen LogP contribution in [0.5, 0.6) is 0 Å². The van der Waals surface area contributed by atoms with E-state index >= 15 is 0 Å². The Morgan fingerprint density at radius 3 is 2.46 bits per heavy atom. The van der Waals surface area contributed by atoms with Crippen molar-refractivity contribution in [1.29, 1.82) is 0 Å². The van der Waals surface area contributed by atoms with Gasteiger partial charge in [-0.15, -0.1) is 12.4 Å². The molecule has 0 saturated heterocycles. The molecule has 0 fully saturated rings. The minimum absolute atomic E-state index is 0. The Morgan fingerprint density at radius 2 is 1.89 bits per heavy atom. The number of carbonyl (C=O) groups is 1. The molecule has 0 spiro atoms. The number of aromatic nitrogens is 3. The van der Waals surface area contributed by atoms with Gasteiger partial charge in [0.25, 0.3) is 0 Å². The van der Waals surface area contributed by atoms with Gasteiger partial charge < -0.3 is 21.5 Å². The van der Waals surface area contributed by atoms with E-state index in [1.54, 1.807) is 0 Å². The molecule has 1 unspecified atom stereocenters. The van der Waals surface area contributed by atoms with E-state index in [0.717, 1.165) is 12.8 Å². The van der Waals surface area contributed by atoms with E-state index in [9.17, 15) is 14.8 Å². The molecule has 8 nitrogen and oxygen atoms in total. The van der Waals surface area contributed by atoms with Gasteiger partial charge in [0.2, 0.25) is 0 Å². The van der Waals surface area contributed by atoms with Gasteiger partial charge in [-0.2, -0.15) is 5.10 Å². The fourth-order valence-electron chi connectivity index (χ4n) is 3.19. The number of ketones is 1. The average molecular weight is 410 g/mol. The van der Waals surface area contributed by atoms with Gasteiger partial charge in [0.15, 0.2) is 17.0 Å². The van der Waals surface area contributed by atoms with Crippen LogP contribution >= 0.6 is 12.4 Å². The monoisotopic (exact) mass is 409 g/mol. The second-order valence-corrected chi connectivity index (χ2v) is 6.85. The Morgan fingerprint density at radius 1 is 1.21 bits per heavy atom. The Bertz CT molecular complexity index is 729. The maximum Gasteiger partial charge on any atom is 0.489 e. The van der Waals surface area contributed by atoms with E-state index in [-0.39, 0.29) is 18.8 Å². The first-order valence-electron chi connectivity index (χ1n) is 9.19. The summed E-state index contributed by atoms with van der Waals surface area (Å²) in [5, 5.41) is 24.3. The zero-order valence-electron chi connectivity index (χ0n) is 16.1. The van der Waals surface area contributed by atoms with Crippen molar-refractivity contribution in [3.8, 4) is 0 Å². The quantitative estimate of drug-likeness (QED) is 0.314. The lowest BCUT2D eigenvalue weighted by Crippen LogP contribution is -2.54. The van der Waals surface area contributed by atoms with Gasteiger partial charge in [-0.1, -0.05) is 30.3 Å². The summed E-state index contributed by atoms with van der Waals surface area (Å²) in [7, 11) is -1.90. The van der Waals surface area contributed by atoms with E-state index < -0.39 is 24.5 Å². The van der Waals surface area contributed by atoms with E-state index in [1.165, 1.54) is 23.5 Å². The number of hydrogen-bond acceptors (Lipinski definition) is 7. The molecule has 0 bridgehead atoms. The third-order valence-electron chi connectivity index (χ3n) is 4.79. The molecule has 0 amide bonds. The fourth-order valence-corrected chi connectivity index (χ4v) is 3.19. The smallest absolute Gasteiger partial charge is 0.425 e. The Labute approximate surface area is 171 Å². The van der Waals surface area contributed by atoms with Crippen LogP contribution < -0.4 is 11.5 Å². The first kappa shape index (κ1) is 24.3. The van der Waals surface area contributed by atoms with Crippen LogP contribution in [0.15, 0.2) is 36.7 Å². The Hall–Kier alpha value is -1.78. The summed E-state index contributed by atoms with van der Waals surface area (Å²) in [4.78, 5) is 16.6. The number of nitrogens with zero attached hydrogens (tertiary/aromatic N) is 3.